The highest BCUT2D eigenvalue weighted by molar-refractivity contribution is 5.23. The Morgan fingerprint density at radius 1 is 1.06 bits per heavy atom. The van der Waals surface area contributed by atoms with Crippen LogP contribution >= 0.6 is 0 Å². The molecule has 0 radical (unpaired) electrons. The summed E-state index contributed by atoms with van der Waals surface area (Å²) in [5.74, 6) is 0. The fourth-order valence-electron chi connectivity index (χ4n) is 1.90. The van der Waals surface area contributed by atoms with Gasteiger partial charge in [0.15, 0.2) is 0 Å². The zero-order valence-electron chi connectivity index (χ0n) is 11.1. The molecule has 0 aliphatic carbocycles. The standard InChI is InChI=1S/C14H26N4/c15-8-3-1-2-7-14(17)18-11-13-6-4-5-12(9-13)10-16/h4-6,9,14,18H,1-3,7-8,10-11,15-17H2. The second-order valence-corrected chi connectivity index (χ2v) is 4.65. The summed E-state index contributed by atoms with van der Waals surface area (Å²) in [4.78, 5) is 0. The molecular formula is C14H26N4. The van der Waals surface area contributed by atoms with E-state index in [0.717, 1.165) is 44.3 Å². The third kappa shape index (κ3) is 6.12. The van der Waals surface area contributed by atoms with Crippen molar-refractivity contribution in [3.63, 3.8) is 0 Å². The minimum atomic E-state index is 0.0595. The summed E-state index contributed by atoms with van der Waals surface area (Å²) < 4.78 is 0. The van der Waals surface area contributed by atoms with Crippen LogP contribution in [0.5, 0.6) is 0 Å². The molecule has 1 unspecified atom stereocenters. The van der Waals surface area contributed by atoms with Gasteiger partial charge in [0.25, 0.3) is 0 Å². The molecule has 1 atom stereocenters. The van der Waals surface area contributed by atoms with Crippen LogP contribution in [0.1, 0.15) is 36.8 Å². The van der Waals surface area contributed by atoms with Gasteiger partial charge in [-0.05, 0) is 30.5 Å². The molecule has 0 aliphatic heterocycles. The number of hydrogen-bond donors (Lipinski definition) is 4. The van der Waals surface area contributed by atoms with E-state index < -0.39 is 0 Å². The maximum absolute atomic E-state index is 6.01. The van der Waals surface area contributed by atoms with Crippen molar-refractivity contribution >= 4 is 0 Å². The number of nitrogens with two attached hydrogens (primary N) is 3. The molecule has 0 heterocycles. The Balaban J connectivity index is 2.22. The number of hydrogen-bond acceptors (Lipinski definition) is 4. The van der Waals surface area contributed by atoms with E-state index in [4.69, 9.17) is 17.2 Å². The van der Waals surface area contributed by atoms with Gasteiger partial charge in [0.05, 0.1) is 6.17 Å². The lowest BCUT2D eigenvalue weighted by atomic mass is 10.1. The minimum absolute atomic E-state index is 0.0595. The SMILES string of the molecule is NCCCCCC(N)NCc1cccc(CN)c1. The van der Waals surface area contributed by atoms with Gasteiger partial charge < -0.3 is 17.2 Å². The topological polar surface area (TPSA) is 90.1 Å². The molecule has 4 nitrogen and oxygen atoms in total. The number of rotatable bonds is 9. The van der Waals surface area contributed by atoms with Crippen molar-refractivity contribution in [2.24, 2.45) is 17.2 Å². The summed E-state index contributed by atoms with van der Waals surface area (Å²) in [5.41, 5.74) is 19.5. The van der Waals surface area contributed by atoms with Gasteiger partial charge in [-0.15, -0.1) is 0 Å². The van der Waals surface area contributed by atoms with E-state index in [2.05, 4.69) is 17.4 Å². The highest BCUT2D eigenvalue weighted by Crippen LogP contribution is 2.05. The fourth-order valence-corrected chi connectivity index (χ4v) is 1.90. The van der Waals surface area contributed by atoms with Crippen LogP contribution in [0.3, 0.4) is 0 Å². The van der Waals surface area contributed by atoms with Crippen LogP contribution in [-0.2, 0) is 13.1 Å². The average Bonchev–Trinajstić information content (AvgIpc) is 2.41. The smallest absolute Gasteiger partial charge is 0.0548 e. The van der Waals surface area contributed by atoms with Crippen LogP contribution < -0.4 is 22.5 Å². The van der Waals surface area contributed by atoms with Crippen LogP contribution in [0, 0.1) is 0 Å². The minimum Gasteiger partial charge on any atom is -0.330 e. The summed E-state index contributed by atoms with van der Waals surface area (Å²) in [7, 11) is 0. The molecule has 4 heteroatoms. The Hall–Kier alpha value is -0.940. The van der Waals surface area contributed by atoms with Gasteiger partial charge in [-0.1, -0.05) is 37.1 Å². The third-order valence-electron chi connectivity index (χ3n) is 3.01. The first-order chi connectivity index (χ1) is 8.76. The Kier molecular flexibility index (Phi) is 7.60. The molecule has 18 heavy (non-hydrogen) atoms. The molecule has 1 aromatic rings. The van der Waals surface area contributed by atoms with Crippen molar-refractivity contribution in [1.29, 1.82) is 0 Å². The molecule has 0 spiro atoms. The molecule has 0 fully saturated rings. The van der Waals surface area contributed by atoms with E-state index in [0.29, 0.717) is 6.54 Å². The first kappa shape index (κ1) is 15.1. The van der Waals surface area contributed by atoms with Gasteiger partial charge in [0.1, 0.15) is 0 Å². The van der Waals surface area contributed by atoms with Crippen LogP contribution in [0.4, 0.5) is 0 Å². The van der Waals surface area contributed by atoms with E-state index >= 15 is 0 Å². The van der Waals surface area contributed by atoms with E-state index in [1.165, 1.54) is 5.56 Å². The second kappa shape index (κ2) is 9.05. The van der Waals surface area contributed by atoms with Crippen LogP contribution in [0.25, 0.3) is 0 Å². The van der Waals surface area contributed by atoms with Gasteiger partial charge >= 0.3 is 0 Å². The molecule has 0 saturated heterocycles. The van der Waals surface area contributed by atoms with E-state index in [9.17, 15) is 0 Å². The summed E-state index contributed by atoms with van der Waals surface area (Å²) in [6, 6.07) is 8.28. The Morgan fingerprint density at radius 2 is 1.83 bits per heavy atom. The summed E-state index contributed by atoms with van der Waals surface area (Å²) in [6.07, 6.45) is 4.44. The number of benzene rings is 1. The highest BCUT2D eigenvalue weighted by atomic mass is 15.0. The van der Waals surface area contributed by atoms with Crippen molar-refractivity contribution in [3.8, 4) is 0 Å². The van der Waals surface area contributed by atoms with Gasteiger partial charge in [0.2, 0.25) is 0 Å². The number of nitrogens with one attached hydrogen (secondary N) is 1. The van der Waals surface area contributed by atoms with E-state index in [1.54, 1.807) is 0 Å². The third-order valence-corrected chi connectivity index (χ3v) is 3.01. The van der Waals surface area contributed by atoms with Gasteiger partial charge in [-0.25, -0.2) is 0 Å². The largest absolute Gasteiger partial charge is 0.330 e. The molecule has 7 N–H and O–H groups in total. The zero-order valence-corrected chi connectivity index (χ0v) is 11.1. The van der Waals surface area contributed by atoms with Crippen LogP contribution in [0.15, 0.2) is 24.3 Å². The predicted octanol–water partition coefficient (Wildman–Crippen LogP) is 1.04. The molecule has 0 aromatic heterocycles. The second-order valence-electron chi connectivity index (χ2n) is 4.65. The van der Waals surface area contributed by atoms with E-state index in [-0.39, 0.29) is 6.17 Å². The average molecular weight is 250 g/mol. The number of unbranched alkanes of at least 4 members (excludes halogenated alkanes) is 2. The predicted molar refractivity (Wildman–Crippen MR) is 76.7 cm³/mol. The van der Waals surface area contributed by atoms with Crippen molar-refractivity contribution < 1.29 is 0 Å². The summed E-state index contributed by atoms with van der Waals surface area (Å²) in [5, 5.41) is 3.33. The maximum atomic E-state index is 6.01. The highest BCUT2D eigenvalue weighted by Gasteiger charge is 2.02. The van der Waals surface area contributed by atoms with Gasteiger partial charge in [0, 0.05) is 13.1 Å². The summed E-state index contributed by atoms with van der Waals surface area (Å²) >= 11 is 0. The maximum Gasteiger partial charge on any atom is 0.0548 e. The Labute approximate surface area is 110 Å². The molecule has 0 amide bonds. The van der Waals surface area contributed by atoms with Crippen molar-refractivity contribution in [2.75, 3.05) is 6.54 Å². The first-order valence-electron chi connectivity index (χ1n) is 6.73. The first-order valence-corrected chi connectivity index (χ1v) is 6.73. The lowest BCUT2D eigenvalue weighted by Gasteiger charge is -2.14. The lowest BCUT2D eigenvalue weighted by molar-refractivity contribution is 0.468. The molecular weight excluding hydrogens is 224 g/mol. The van der Waals surface area contributed by atoms with Crippen molar-refractivity contribution in [1.82, 2.24) is 5.32 Å². The molecule has 0 bridgehead atoms. The van der Waals surface area contributed by atoms with Gasteiger partial charge in [-0.3, -0.25) is 5.32 Å². The quantitative estimate of drug-likeness (QED) is 0.389. The Morgan fingerprint density at radius 3 is 2.56 bits per heavy atom. The molecule has 0 aliphatic rings. The molecule has 1 aromatic carbocycles. The lowest BCUT2D eigenvalue weighted by Crippen LogP contribution is -2.36. The fraction of sp³-hybridized carbons (Fsp3) is 0.571. The van der Waals surface area contributed by atoms with E-state index in [1.807, 2.05) is 12.1 Å². The monoisotopic (exact) mass is 250 g/mol. The van der Waals surface area contributed by atoms with Crippen molar-refractivity contribution in [3.05, 3.63) is 35.4 Å². The summed E-state index contributed by atoms with van der Waals surface area (Å²) in [6.45, 7) is 2.15. The van der Waals surface area contributed by atoms with Gasteiger partial charge in [-0.2, -0.15) is 0 Å². The van der Waals surface area contributed by atoms with Crippen molar-refractivity contribution in [2.45, 2.75) is 44.9 Å². The Bertz CT molecular complexity index is 327. The van der Waals surface area contributed by atoms with Crippen LogP contribution in [0.2, 0.25) is 0 Å². The zero-order chi connectivity index (χ0) is 13.2. The molecule has 0 saturated carbocycles. The molecule has 1 rings (SSSR count). The van der Waals surface area contributed by atoms with Crippen LogP contribution in [-0.4, -0.2) is 12.7 Å². The molecule has 102 valence electrons. The normalized spacial score (nSPS) is 12.6.